The Morgan fingerprint density at radius 1 is 1.56 bits per heavy atom. The molecule has 2 nitrogen and oxygen atoms in total. The lowest BCUT2D eigenvalue weighted by atomic mass is 10.1. The van der Waals surface area contributed by atoms with Crippen molar-refractivity contribution in [1.82, 2.24) is 10.3 Å². The SMILES string of the molecule is CSC1(CNC(C)c2cncc(F)c2)CC1. The second-order valence-corrected chi connectivity index (χ2v) is 5.70. The van der Waals surface area contributed by atoms with Crippen molar-refractivity contribution < 1.29 is 4.39 Å². The van der Waals surface area contributed by atoms with Crippen molar-refractivity contribution in [3.63, 3.8) is 0 Å². The van der Waals surface area contributed by atoms with Crippen LogP contribution in [0.3, 0.4) is 0 Å². The van der Waals surface area contributed by atoms with Crippen LogP contribution in [0.15, 0.2) is 18.5 Å². The Morgan fingerprint density at radius 2 is 2.31 bits per heavy atom. The highest BCUT2D eigenvalue weighted by atomic mass is 32.2. The molecule has 1 unspecified atom stereocenters. The van der Waals surface area contributed by atoms with Gasteiger partial charge in [-0.15, -0.1) is 0 Å². The van der Waals surface area contributed by atoms with Crippen LogP contribution in [0.1, 0.15) is 31.4 Å². The lowest BCUT2D eigenvalue weighted by Gasteiger charge is -2.18. The molecule has 2 rings (SSSR count). The maximum Gasteiger partial charge on any atom is 0.141 e. The predicted molar refractivity (Wildman–Crippen MR) is 66.1 cm³/mol. The number of hydrogen-bond donors (Lipinski definition) is 1. The summed E-state index contributed by atoms with van der Waals surface area (Å²) in [5.41, 5.74) is 0.914. The summed E-state index contributed by atoms with van der Waals surface area (Å²) >= 11 is 1.93. The summed E-state index contributed by atoms with van der Waals surface area (Å²) in [6.07, 6.45) is 7.69. The van der Waals surface area contributed by atoms with E-state index < -0.39 is 0 Å². The molecule has 4 heteroatoms. The summed E-state index contributed by atoms with van der Waals surface area (Å²) in [7, 11) is 0. The third-order valence-electron chi connectivity index (χ3n) is 3.20. The van der Waals surface area contributed by atoms with Crippen molar-refractivity contribution in [2.45, 2.75) is 30.6 Å². The van der Waals surface area contributed by atoms with Crippen molar-refractivity contribution in [3.8, 4) is 0 Å². The first kappa shape index (κ1) is 11.9. The Labute approximate surface area is 100 Å². The molecule has 1 fully saturated rings. The van der Waals surface area contributed by atoms with Crippen molar-refractivity contribution in [3.05, 3.63) is 29.8 Å². The molecule has 0 aliphatic heterocycles. The third-order valence-corrected chi connectivity index (χ3v) is 4.62. The minimum Gasteiger partial charge on any atom is -0.309 e. The van der Waals surface area contributed by atoms with E-state index in [-0.39, 0.29) is 11.9 Å². The largest absolute Gasteiger partial charge is 0.309 e. The highest BCUT2D eigenvalue weighted by Gasteiger charge is 2.41. The average molecular weight is 240 g/mol. The van der Waals surface area contributed by atoms with Crippen molar-refractivity contribution in [2.24, 2.45) is 0 Å². The number of thioether (sulfide) groups is 1. The number of nitrogens with zero attached hydrogens (tertiary/aromatic N) is 1. The topological polar surface area (TPSA) is 24.9 Å². The van der Waals surface area contributed by atoms with Gasteiger partial charge in [-0.1, -0.05) is 0 Å². The van der Waals surface area contributed by atoms with Gasteiger partial charge < -0.3 is 5.32 Å². The molecule has 0 bridgehead atoms. The van der Waals surface area contributed by atoms with E-state index in [0.29, 0.717) is 4.75 Å². The van der Waals surface area contributed by atoms with Crippen LogP contribution >= 0.6 is 11.8 Å². The Morgan fingerprint density at radius 3 is 2.88 bits per heavy atom. The molecule has 0 radical (unpaired) electrons. The minimum atomic E-state index is -0.267. The maximum absolute atomic E-state index is 13.0. The van der Waals surface area contributed by atoms with Crippen LogP contribution in [0.25, 0.3) is 0 Å². The molecular formula is C12H17FN2S. The van der Waals surface area contributed by atoms with Gasteiger partial charge >= 0.3 is 0 Å². The Kier molecular flexibility index (Phi) is 3.50. The van der Waals surface area contributed by atoms with Crippen LogP contribution in [0.2, 0.25) is 0 Å². The normalized spacial score (nSPS) is 19.4. The first-order chi connectivity index (χ1) is 7.65. The molecule has 1 aromatic heterocycles. The van der Waals surface area contributed by atoms with E-state index in [4.69, 9.17) is 0 Å². The molecule has 0 spiro atoms. The Bertz CT molecular complexity index is 366. The van der Waals surface area contributed by atoms with E-state index in [1.807, 2.05) is 18.7 Å². The molecule has 0 aromatic carbocycles. The lowest BCUT2D eigenvalue weighted by Crippen LogP contribution is -2.28. The molecule has 1 saturated carbocycles. The summed E-state index contributed by atoms with van der Waals surface area (Å²) in [6.45, 7) is 3.04. The zero-order chi connectivity index (χ0) is 11.6. The van der Waals surface area contributed by atoms with E-state index in [0.717, 1.165) is 12.1 Å². The lowest BCUT2D eigenvalue weighted by molar-refractivity contribution is 0.552. The number of pyridine rings is 1. The van der Waals surface area contributed by atoms with Crippen LogP contribution in [0, 0.1) is 5.82 Å². The molecule has 1 aromatic rings. The highest BCUT2D eigenvalue weighted by molar-refractivity contribution is 8.00. The first-order valence-corrected chi connectivity index (χ1v) is 6.77. The van der Waals surface area contributed by atoms with E-state index in [1.165, 1.54) is 19.0 Å². The van der Waals surface area contributed by atoms with E-state index in [9.17, 15) is 4.39 Å². The van der Waals surface area contributed by atoms with Crippen LogP contribution in [0.4, 0.5) is 4.39 Å². The summed E-state index contributed by atoms with van der Waals surface area (Å²) in [5.74, 6) is -0.267. The van der Waals surface area contributed by atoms with Crippen molar-refractivity contribution in [1.29, 1.82) is 0 Å². The molecule has 1 aliphatic rings. The standard InChI is InChI=1S/C12H17FN2S/c1-9(10-5-11(13)7-14-6-10)15-8-12(16-2)3-4-12/h5-7,9,15H,3-4,8H2,1-2H3. The fourth-order valence-corrected chi connectivity index (χ4v) is 2.45. The number of nitrogens with one attached hydrogen (secondary N) is 1. The molecule has 1 aliphatic carbocycles. The number of hydrogen-bond acceptors (Lipinski definition) is 3. The molecular weight excluding hydrogens is 223 g/mol. The monoisotopic (exact) mass is 240 g/mol. The number of halogens is 1. The molecule has 88 valence electrons. The van der Waals surface area contributed by atoms with Gasteiger partial charge in [0.25, 0.3) is 0 Å². The Hall–Kier alpha value is -0.610. The number of rotatable bonds is 5. The zero-order valence-corrected chi connectivity index (χ0v) is 10.5. The molecule has 0 amide bonds. The van der Waals surface area contributed by atoms with Gasteiger partial charge in [0.2, 0.25) is 0 Å². The summed E-state index contributed by atoms with van der Waals surface area (Å²) < 4.78 is 13.4. The van der Waals surface area contributed by atoms with Gasteiger partial charge in [-0.25, -0.2) is 4.39 Å². The second kappa shape index (κ2) is 4.72. The summed E-state index contributed by atoms with van der Waals surface area (Å²) in [6, 6.07) is 1.70. The summed E-state index contributed by atoms with van der Waals surface area (Å²) in [4.78, 5) is 3.87. The average Bonchev–Trinajstić information content (AvgIpc) is 3.07. The van der Waals surface area contributed by atoms with E-state index >= 15 is 0 Å². The van der Waals surface area contributed by atoms with Crippen molar-refractivity contribution in [2.75, 3.05) is 12.8 Å². The van der Waals surface area contributed by atoms with Crippen LogP contribution in [0.5, 0.6) is 0 Å². The van der Waals surface area contributed by atoms with Gasteiger partial charge in [0.15, 0.2) is 0 Å². The fraction of sp³-hybridized carbons (Fsp3) is 0.583. The van der Waals surface area contributed by atoms with Gasteiger partial charge in [-0.05, 0) is 37.7 Å². The Balaban J connectivity index is 1.90. The predicted octanol–water partition coefficient (Wildman–Crippen LogP) is 2.77. The molecule has 1 N–H and O–H groups in total. The van der Waals surface area contributed by atoms with Crippen molar-refractivity contribution >= 4 is 11.8 Å². The maximum atomic E-state index is 13.0. The van der Waals surface area contributed by atoms with Crippen LogP contribution in [-0.4, -0.2) is 22.5 Å². The van der Waals surface area contributed by atoms with E-state index in [1.54, 1.807) is 12.3 Å². The van der Waals surface area contributed by atoms with Gasteiger partial charge in [0.05, 0.1) is 6.20 Å². The highest BCUT2D eigenvalue weighted by Crippen LogP contribution is 2.46. The second-order valence-electron chi connectivity index (χ2n) is 4.43. The van der Waals surface area contributed by atoms with Gasteiger partial charge in [-0.3, -0.25) is 4.98 Å². The van der Waals surface area contributed by atoms with Gasteiger partial charge in [0, 0.05) is 23.5 Å². The minimum absolute atomic E-state index is 0.160. The fourth-order valence-electron chi connectivity index (χ4n) is 1.71. The number of aromatic nitrogens is 1. The van der Waals surface area contributed by atoms with Gasteiger partial charge in [0.1, 0.15) is 5.82 Å². The zero-order valence-electron chi connectivity index (χ0n) is 9.66. The van der Waals surface area contributed by atoms with Crippen LogP contribution in [-0.2, 0) is 0 Å². The summed E-state index contributed by atoms with van der Waals surface area (Å²) in [5, 5.41) is 3.45. The smallest absolute Gasteiger partial charge is 0.141 e. The van der Waals surface area contributed by atoms with E-state index in [2.05, 4.69) is 16.6 Å². The van der Waals surface area contributed by atoms with Crippen LogP contribution < -0.4 is 5.32 Å². The quantitative estimate of drug-likeness (QED) is 0.856. The molecule has 16 heavy (non-hydrogen) atoms. The first-order valence-electron chi connectivity index (χ1n) is 5.54. The molecule has 1 atom stereocenters. The molecule has 0 saturated heterocycles. The molecule has 1 heterocycles. The van der Waals surface area contributed by atoms with Gasteiger partial charge in [-0.2, -0.15) is 11.8 Å². The third kappa shape index (κ3) is 2.74.